The van der Waals surface area contributed by atoms with Gasteiger partial charge in [-0.3, -0.25) is 9.10 Å². The zero-order valence-corrected chi connectivity index (χ0v) is 12.4. The van der Waals surface area contributed by atoms with E-state index in [1.807, 2.05) is 0 Å². The lowest BCUT2D eigenvalue weighted by molar-refractivity contribution is 0.101. The first kappa shape index (κ1) is 15.2. The highest BCUT2D eigenvalue weighted by molar-refractivity contribution is 7.92. The van der Waals surface area contributed by atoms with E-state index in [-0.39, 0.29) is 10.7 Å². The monoisotopic (exact) mass is 307 g/mol. The number of hydrogen-bond acceptors (Lipinski definition) is 3. The largest absolute Gasteiger partial charge is 0.295 e. The number of nitrogens with zero attached hydrogens (tertiary/aromatic N) is 1. The van der Waals surface area contributed by atoms with Crippen molar-refractivity contribution in [3.63, 3.8) is 0 Å². The summed E-state index contributed by atoms with van der Waals surface area (Å²) < 4.78 is 39.0. The van der Waals surface area contributed by atoms with Crippen molar-refractivity contribution in [1.82, 2.24) is 0 Å². The normalized spacial score (nSPS) is 11.2. The molecule has 0 aromatic heterocycles. The molecule has 0 spiro atoms. The molecule has 110 valence electrons. The van der Waals surface area contributed by atoms with E-state index in [0.29, 0.717) is 11.3 Å². The lowest BCUT2D eigenvalue weighted by Gasteiger charge is -2.19. The van der Waals surface area contributed by atoms with Gasteiger partial charge in [0.25, 0.3) is 10.0 Å². The Kier molecular flexibility index (Phi) is 4.09. The molecule has 2 aromatic carbocycles. The topological polar surface area (TPSA) is 54.5 Å². The zero-order valence-electron chi connectivity index (χ0n) is 11.6. The molecular weight excluding hydrogens is 293 g/mol. The Hall–Kier alpha value is -2.21. The molecule has 0 bridgehead atoms. The number of hydrogen-bond donors (Lipinski definition) is 0. The highest BCUT2D eigenvalue weighted by Crippen LogP contribution is 2.22. The van der Waals surface area contributed by atoms with Gasteiger partial charge in [0.2, 0.25) is 0 Å². The third-order valence-electron chi connectivity index (χ3n) is 3.09. The van der Waals surface area contributed by atoms with Gasteiger partial charge in [-0.15, -0.1) is 0 Å². The maximum atomic E-state index is 12.9. The second-order valence-corrected chi connectivity index (χ2v) is 6.50. The van der Waals surface area contributed by atoms with Crippen molar-refractivity contribution in [3.05, 3.63) is 59.9 Å². The second kappa shape index (κ2) is 5.65. The molecule has 0 aliphatic rings. The average Bonchev–Trinajstić information content (AvgIpc) is 2.47. The van der Waals surface area contributed by atoms with Gasteiger partial charge in [0.1, 0.15) is 5.82 Å². The Bertz CT molecular complexity index is 770. The number of anilines is 1. The fraction of sp³-hybridized carbons (Fsp3) is 0.133. The van der Waals surface area contributed by atoms with Crippen molar-refractivity contribution in [1.29, 1.82) is 0 Å². The first-order valence-electron chi connectivity index (χ1n) is 6.18. The number of sulfonamides is 1. The number of rotatable bonds is 4. The van der Waals surface area contributed by atoms with E-state index in [1.54, 1.807) is 6.07 Å². The summed E-state index contributed by atoms with van der Waals surface area (Å²) in [5.74, 6) is -0.653. The first-order chi connectivity index (χ1) is 9.82. The van der Waals surface area contributed by atoms with Crippen LogP contribution < -0.4 is 4.31 Å². The summed E-state index contributed by atoms with van der Waals surface area (Å²) in [7, 11) is -2.42. The quantitative estimate of drug-likeness (QED) is 0.816. The second-order valence-electron chi connectivity index (χ2n) is 4.53. The van der Waals surface area contributed by atoms with Crippen LogP contribution in [0.3, 0.4) is 0 Å². The maximum Gasteiger partial charge on any atom is 0.264 e. The van der Waals surface area contributed by atoms with Gasteiger partial charge in [-0.2, -0.15) is 0 Å². The molecule has 6 heteroatoms. The predicted molar refractivity (Wildman–Crippen MR) is 78.4 cm³/mol. The molecule has 0 heterocycles. The van der Waals surface area contributed by atoms with Crippen LogP contribution in [0.25, 0.3) is 0 Å². The SMILES string of the molecule is CC(=O)c1cccc(S(=O)(=O)N(C)c2ccc(F)cc2)c1. The minimum atomic E-state index is -3.80. The van der Waals surface area contributed by atoms with E-state index in [1.165, 1.54) is 56.4 Å². The van der Waals surface area contributed by atoms with Crippen LogP contribution in [0.2, 0.25) is 0 Å². The zero-order chi connectivity index (χ0) is 15.6. The van der Waals surface area contributed by atoms with Gasteiger partial charge >= 0.3 is 0 Å². The van der Waals surface area contributed by atoms with E-state index in [4.69, 9.17) is 0 Å². The van der Waals surface area contributed by atoms with Crippen molar-refractivity contribution in [3.8, 4) is 0 Å². The van der Waals surface area contributed by atoms with Gasteiger partial charge in [0, 0.05) is 12.6 Å². The minimum Gasteiger partial charge on any atom is -0.295 e. The summed E-state index contributed by atoms with van der Waals surface area (Å²) in [5, 5.41) is 0. The average molecular weight is 307 g/mol. The molecule has 0 amide bonds. The molecule has 4 nitrogen and oxygen atoms in total. The van der Waals surface area contributed by atoms with Crippen molar-refractivity contribution < 1.29 is 17.6 Å². The number of benzene rings is 2. The highest BCUT2D eigenvalue weighted by atomic mass is 32.2. The Morgan fingerprint density at radius 2 is 1.71 bits per heavy atom. The van der Waals surface area contributed by atoms with Crippen LogP contribution in [-0.4, -0.2) is 21.2 Å². The van der Waals surface area contributed by atoms with E-state index < -0.39 is 15.8 Å². The van der Waals surface area contributed by atoms with E-state index in [9.17, 15) is 17.6 Å². The van der Waals surface area contributed by atoms with Crippen molar-refractivity contribution in [2.45, 2.75) is 11.8 Å². The summed E-state index contributed by atoms with van der Waals surface area (Å²) in [6, 6.07) is 10.9. The number of carbonyl (C=O) groups is 1. The van der Waals surface area contributed by atoms with Crippen LogP contribution in [0.4, 0.5) is 10.1 Å². The third-order valence-corrected chi connectivity index (χ3v) is 4.87. The molecule has 0 aliphatic carbocycles. The molecule has 0 N–H and O–H groups in total. The van der Waals surface area contributed by atoms with Gasteiger partial charge in [-0.1, -0.05) is 12.1 Å². The van der Waals surface area contributed by atoms with Gasteiger partial charge in [0.15, 0.2) is 5.78 Å². The van der Waals surface area contributed by atoms with Gasteiger partial charge in [-0.25, -0.2) is 12.8 Å². The summed E-state index contributed by atoms with van der Waals surface area (Å²) >= 11 is 0. The van der Waals surface area contributed by atoms with Crippen LogP contribution in [0.5, 0.6) is 0 Å². The van der Waals surface area contributed by atoms with Gasteiger partial charge in [-0.05, 0) is 43.3 Å². The Morgan fingerprint density at radius 3 is 2.29 bits per heavy atom. The standard InChI is InChI=1S/C15H14FNO3S/c1-11(18)12-4-3-5-15(10-12)21(19,20)17(2)14-8-6-13(16)7-9-14/h3-10H,1-2H3. The summed E-state index contributed by atoms with van der Waals surface area (Å²) in [6.07, 6.45) is 0. The molecule has 21 heavy (non-hydrogen) atoms. The molecule has 0 fully saturated rings. The predicted octanol–water partition coefficient (Wildman–Crippen LogP) is 2.85. The number of halogens is 1. The fourth-order valence-electron chi connectivity index (χ4n) is 1.82. The van der Waals surface area contributed by atoms with Crippen LogP contribution in [0.1, 0.15) is 17.3 Å². The lowest BCUT2D eigenvalue weighted by atomic mass is 10.2. The van der Waals surface area contributed by atoms with E-state index in [2.05, 4.69) is 0 Å². The van der Waals surface area contributed by atoms with Gasteiger partial charge < -0.3 is 0 Å². The molecule has 2 rings (SSSR count). The lowest BCUT2D eigenvalue weighted by Crippen LogP contribution is -2.26. The van der Waals surface area contributed by atoms with Crippen molar-refractivity contribution in [2.75, 3.05) is 11.4 Å². The molecule has 0 atom stereocenters. The Labute approximate surface area is 122 Å². The van der Waals surface area contributed by atoms with E-state index >= 15 is 0 Å². The highest BCUT2D eigenvalue weighted by Gasteiger charge is 2.22. The third kappa shape index (κ3) is 3.11. The molecule has 0 radical (unpaired) electrons. The Morgan fingerprint density at radius 1 is 1.10 bits per heavy atom. The van der Waals surface area contributed by atoms with Gasteiger partial charge in [0.05, 0.1) is 10.6 Å². The first-order valence-corrected chi connectivity index (χ1v) is 7.62. The number of Topliss-reactive ketones (excluding diaryl/α,β-unsaturated/α-hetero) is 1. The molecule has 0 unspecified atom stereocenters. The smallest absolute Gasteiger partial charge is 0.264 e. The molecule has 0 saturated carbocycles. The number of carbonyl (C=O) groups excluding carboxylic acids is 1. The number of ketones is 1. The molecule has 0 saturated heterocycles. The summed E-state index contributed by atoms with van der Waals surface area (Å²) in [4.78, 5) is 11.4. The van der Waals surface area contributed by atoms with Crippen LogP contribution >= 0.6 is 0 Å². The van der Waals surface area contributed by atoms with Crippen LogP contribution in [0.15, 0.2) is 53.4 Å². The molecule has 0 aliphatic heterocycles. The summed E-state index contributed by atoms with van der Waals surface area (Å²) in [6.45, 7) is 1.37. The van der Waals surface area contributed by atoms with Crippen LogP contribution in [0, 0.1) is 5.82 Å². The van der Waals surface area contributed by atoms with Crippen molar-refractivity contribution in [2.24, 2.45) is 0 Å². The Balaban J connectivity index is 2.44. The van der Waals surface area contributed by atoms with E-state index in [0.717, 1.165) is 4.31 Å². The minimum absolute atomic E-state index is 0.0158. The fourth-order valence-corrected chi connectivity index (χ4v) is 3.07. The summed E-state index contributed by atoms with van der Waals surface area (Å²) in [5.41, 5.74) is 0.660. The van der Waals surface area contributed by atoms with Crippen LogP contribution in [-0.2, 0) is 10.0 Å². The van der Waals surface area contributed by atoms with Crippen molar-refractivity contribution >= 4 is 21.5 Å². The molecule has 2 aromatic rings. The maximum absolute atomic E-state index is 12.9. The molecular formula is C15H14FNO3S.